The number of pyridine rings is 1. The molecule has 6 nitrogen and oxygen atoms in total. The van der Waals surface area contributed by atoms with Crippen LogP contribution in [0.4, 0.5) is 13.2 Å². The van der Waals surface area contributed by atoms with Crippen LogP contribution in [0.2, 0.25) is 0 Å². The molecule has 9 heteroatoms. The summed E-state index contributed by atoms with van der Waals surface area (Å²) in [4.78, 5) is 28.0. The van der Waals surface area contributed by atoms with E-state index in [4.69, 9.17) is 4.74 Å². The maximum absolute atomic E-state index is 12.5. The van der Waals surface area contributed by atoms with Crippen LogP contribution < -0.4 is 15.6 Å². The standard InChI is InChI=1S/C20H14F3N3O3/c21-20(22,23)15-7-3-13(4-8-15)18(27)25-26-19(28)14-5-9-16(10-6-14)29-17-2-1-11-24-12-17/h1-12H,(H,25,27)(H,26,28). The highest BCUT2D eigenvalue weighted by atomic mass is 19.4. The largest absolute Gasteiger partial charge is 0.456 e. The van der Waals surface area contributed by atoms with E-state index in [9.17, 15) is 22.8 Å². The average Bonchev–Trinajstić information content (AvgIpc) is 2.72. The number of amides is 2. The Labute approximate surface area is 163 Å². The van der Waals surface area contributed by atoms with E-state index in [1.807, 2.05) is 0 Å². The molecule has 0 aliphatic rings. The molecule has 0 saturated heterocycles. The Kier molecular flexibility index (Phi) is 5.77. The molecule has 0 aliphatic heterocycles. The van der Waals surface area contributed by atoms with Gasteiger partial charge in [-0.25, -0.2) is 0 Å². The molecule has 0 aliphatic carbocycles. The number of ether oxygens (including phenoxy) is 1. The molecule has 0 saturated carbocycles. The molecule has 2 aromatic carbocycles. The number of halogens is 3. The average molecular weight is 401 g/mol. The summed E-state index contributed by atoms with van der Waals surface area (Å²) >= 11 is 0. The Morgan fingerprint density at radius 2 is 1.34 bits per heavy atom. The van der Waals surface area contributed by atoms with E-state index in [2.05, 4.69) is 15.8 Å². The first kappa shape index (κ1) is 19.9. The van der Waals surface area contributed by atoms with Crippen molar-refractivity contribution < 1.29 is 27.5 Å². The lowest BCUT2D eigenvalue weighted by Crippen LogP contribution is -2.41. The van der Waals surface area contributed by atoms with Crippen molar-refractivity contribution in [1.29, 1.82) is 0 Å². The summed E-state index contributed by atoms with van der Waals surface area (Å²) in [5.74, 6) is -0.321. The van der Waals surface area contributed by atoms with E-state index in [0.29, 0.717) is 11.5 Å². The van der Waals surface area contributed by atoms with Crippen molar-refractivity contribution in [3.63, 3.8) is 0 Å². The lowest BCUT2D eigenvalue weighted by molar-refractivity contribution is -0.137. The highest BCUT2D eigenvalue weighted by Crippen LogP contribution is 2.29. The Morgan fingerprint density at radius 1 is 0.793 bits per heavy atom. The van der Waals surface area contributed by atoms with Crippen molar-refractivity contribution in [2.24, 2.45) is 0 Å². The number of benzene rings is 2. The minimum Gasteiger partial charge on any atom is -0.456 e. The molecule has 3 rings (SSSR count). The molecule has 0 fully saturated rings. The molecule has 0 bridgehead atoms. The molecular weight excluding hydrogens is 387 g/mol. The first-order valence-electron chi connectivity index (χ1n) is 8.29. The van der Waals surface area contributed by atoms with Gasteiger partial charge >= 0.3 is 6.18 Å². The fourth-order valence-corrected chi connectivity index (χ4v) is 2.29. The number of hydrazine groups is 1. The van der Waals surface area contributed by atoms with Gasteiger partial charge in [-0.15, -0.1) is 0 Å². The number of carbonyl (C=O) groups is 2. The van der Waals surface area contributed by atoms with Gasteiger partial charge in [0.1, 0.15) is 11.5 Å². The van der Waals surface area contributed by atoms with Crippen molar-refractivity contribution in [2.45, 2.75) is 6.18 Å². The van der Waals surface area contributed by atoms with E-state index in [1.165, 1.54) is 18.3 Å². The lowest BCUT2D eigenvalue weighted by Gasteiger charge is -2.10. The van der Waals surface area contributed by atoms with E-state index in [0.717, 1.165) is 24.3 Å². The van der Waals surface area contributed by atoms with Gasteiger partial charge in [0.2, 0.25) is 0 Å². The van der Waals surface area contributed by atoms with Crippen molar-refractivity contribution in [1.82, 2.24) is 15.8 Å². The number of hydrogen-bond acceptors (Lipinski definition) is 4. The third-order valence-corrected chi connectivity index (χ3v) is 3.75. The zero-order chi connectivity index (χ0) is 20.9. The van der Waals surface area contributed by atoms with Crippen LogP contribution in [0.5, 0.6) is 11.5 Å². The van der Waals surface area contributed by atoms with Gasteiger partial charge in [0, 0.05) is 17.3 Å². The molecule has 3 aromatic rings. The number of nitrogens with one attached hydrogen (secondary N) is 2. The number of aromatic nitrogens is 1. The minimum absolute atomic E-state index is 0.0291. The predicted octanol–water partition coefficient (Wildman–Crippen LogP) is 3.97. The zero-order valence-electron chi connectivity index (χ0n) is 14.7. The molecule has 0 spiro atoms. The summed E-state index contributed by atoms with van der Waals surface area (Å²) in [7, 11) is 0. The molecule has 1 aromatic heterocycles. The number of alkyl halides is 3. The summed E-state index contributed by atoms with van der Waals surface area (Å²) in [6.07, 6.45) is -1.34. The monoisotopic (exact) mass is 401 g/mol. The summed E-state index contributed by atoms with van der Waals surface area (Å²) in [5, 5.41) is 0. The fraction of sp³-hybridized carbons (Fsp3) is 0.0500. The van der Waals surface area contributed by atoms with Crippen LogP contribution in [-0.2, 0) is 6.18 Å². The molecule has 0 radical (unpaired) electrons. The maximum atomic E-state index is 12.5. The molecule has 0 unspecified atom stereocenters. The summed E-state index contributed by atoms with van der Waals surface area (Å²) < 4.78 is 43.2. The maximum Gasteiger partial charge on any atom is 0.416 e. The van der Waals surface area contributed by atoms with Gasteiger partial charge in [-0.2, -0.15) is 13.2 Å². The van der Waals surface area contributed by atoms with E-state index < -0.39 is 23.6 Å². The van der Waals surface area contributed by atoms with Gasteiger partial charge in [0.15, 0.2) is 0 Å². The highest BCUT2D eigenvalue weighted by Gasteiger charge is 2.30. The second kappa shape index (κ2) is 8.42. The van der Waals surface area contributed by atoms with Gasteiger partial charge in [-0.05, 0) is 60.7 Å². The number of nitrogens with zero attached hydrogens (tertiary/aromatic N) is 1. The Balaban J connectivity index is 1.55. The number of carbonyl (C=O) groups excluding carboxylic acids is 2. The van der Waals surface area contributed by atoms with Crippen molar-refractivity contribution in [3.8, 4) is 11.5 Å². The molecule has 1 heterocycles. The topological polar surface area (TPSA) is 80.3 Å². The summed E-state index contributed by atoms with van der Waals surface area (Å²) in [5.41, 5.74) is 3.70. The highest BCUT2D eigenvalue weighted by molar-refractivity contribution is 5.99. The van der Waals surface area contributed by atoms with Crippen molar-refractivity contribution in [2.75, 3.05) is 0 Å². The predicted molar refractivity (Wildman–Crippen MR) is 97.1 cm³/mol. The van der Waals surface area contributed by atoms with Gasteiger partial charge < -0.3 is 4.74 Å². The molecule has 29 heavy (non-hydrogen) atoms. The van der Waals surface area contributed by atoms with Gasteiger partial charge in [-0.3, -0.25) is 25.4 Å². The lowest BCUT2D eigenvalue weighted by atomic mass is 10.1. The van der Waals surface area contributed by atoms with E-state index in [-0.39, 0.29) is 11.1 Å². The van der Waals surface area contributed by atoms with Crippen molar-refractivity contribution in [3.05, 3.63) is 89.7 Å². The third kappa shape index (κ3) is 5.32. The smallest absolute Gasteiger partial charge is 0.416 e. The fourth-order valence-electron chi connectivity index (χ4n) is 2.29. The van der Waals surface area contributed by atoms with Crippen LogP contribution in [0, 0.1) is 0 Å². The Hall–Kier alpha value is -3.88. The molecule has 148 valence electrons. The van der Waals surface area contributed by atoms with Crippen LogP contribution in [0.15, 0.2) is 73.1 Å². The Bertz CT molecular complexity index is 989. The number of hydrogen-bond donors (Lipinski definition) is 2. The van der Waals surface area contributed by atoms with E-state index in [1.54, 1.807) is 30.5 Å². The van der Waals surface area contributed by atoms with Crippen molar-refractivity contribution >= 4 is 11.8 Å². The second-order valence-electron chi connectivity index (χ2n) is 5.80. The summed E-state index contributed by atoms with van der Waals surface area (Å²) in [6.45, 7) is 0. The number of rotatable bonds is 4. The van der Waals surface area contributed by atoms with Crippen LogP contribution in [0.25, 0.3) is 0 Å². The third-order valence-electron chi connectivity index (χ3n) is 3.75. The van der Waals surface area contributed by atoms with Gasteiger partial charge in [0.25, 0.3) is 11.8 Å². The summed E-state index contributed by atoms with van der Waals surface area (Å²) in [6, 6.07) is 13.2. The first-order chi connectivity index (χ1) is 13.8. The van der Waals surface area contributed by atoms with Crippen LogP contribution in [0.3, 0.4) is 0 Å². The van der Waals surface area contributed by atoms with Crippen LogP contribution >= 0.6 is 0 Å². The molecule has 0 atom stereocenters. The van der Waals surface area contributed by atoms with Gasteiger partial charge in [-0.1, -0.05) is 0 Å². The normalized spacial score (nSPS) is 10.9. The first-order valence-corrected chi connectivity index (χ1v) is 8.29. The molecule has 2 amide bonds. The zero-order valence-corrected chi connectivity index (χ0v) is 14.7. The molecular formula is C20H14F3N3O3. The SMILES string of the molecule is O=C(NNC(=O)c1ccc(C(F)(F)F)cc1)c1ccc(Oc2cccnc2)cc1. The van der Waals surface area contributed by atoms with E-state index >= 15 is 0 Å². The second-order valence-corrected chi connectivity index (χ2v) is 5.80. The minimum atomic E-state index is -4.49. The van der Waals surface area contributed by atoms with Gasteiger partial charge in [0.05, 0.1) is 11.8 Å². The van der Waals surface area contributed by atoms with Crippen LogP contribution in [-0.4, -0.2) is 16.8 Å². The van der Waals surface area contributed by atoms with Crippen LogP contribution in [0.1, 0.15) is 26.3 Å². The quantitative estimate of drug-likeness (QED) is 0.649. The molecule has 2 N–H and O–H groups in total. The Morgan fingerprint density at radius 3 is 1.83 bits per heavy atom.